The zero-order chi connectivity index (χ0) is 12.3. The highest BCUT2D eigenvalue weighted by molar-refractivity contribution is 5.59. The van der Waals surface area contributed by atoms with E-state index in [1.807, 2.05) is 6.07 Å². The zero-order valence-electron chi connectivity index (χ0n) is 8.79. The van der Waals surface area contributed by atoms with Gasteiger partial charge < -0.3 is 14.7 Å². The Bertz CT molecular complexity index is 572. The second-order valence-electron chi connectivity index (χ2n) is 3.37. The van der Waals surface area contributed by atoms with Crippen LogP contribution in [0.5, 0.6) is 11.5 Å². The van der Waals surface area contributed by atoms with E-state index in [0.717, 1.165) is 0 Å². The maximum Gasteiger partial charge on any atom is 0.227 e. The van der Waals surface area contributed by atoms with Gasteiger partial charge in [-0.3, -0.25) is 0 Å². The van der Waals surface area contributed by atoms with E-state index in [-0.39, 0.29) is 11.5 Å². The molecule has 86 valence electrons. The molecular weight excluding hydrogens is 222 g/mol. The van der Waals surface area contributed by atoms with Gasteiger partial charge in [-0.05, 0) is 18.2 Å². The number of aryl methyl sites for hydroxylation is 1. The molecule has 1 aromatic carbocycles. The number of rotatable bonds is 3. The van der Waals surface area contributed by atoms with Crippen molar-refractivity contribution in [1.29, 1.82) is 5.26 Å². The second-order valence-corrected chi connectivity index (χ2v) is 3.37. The van der Waals surface area contributed by atoms with E-state index in [9.17, 15) is 5.11 Å². The largest absolute Gasteiger partial charge is 0.504 e. The van der Waals surface area contributed by atoms with Crippen molar-refractivity contribution in [3.8, 4) is 29.0 Å². The first-order valence-corrected chi connectivity index (χ1v) is 4.92. The SMILES string of the molecule is N#CCCc1nc(-c2ccc(O)c(O)c2)no1. The molecule has 1 aromatic heterocycles. The fraction of sp³-hybridized carbons (Fsp3) is 0.182. The van der Waals surface area contributed by atoms with Crippen LogP contribution in [0.3, 0.4) is 0 Å². The smallest absolute Gasteiger partial charge is 0.227 e. The van der Waals surface area contributed by atoms with E-state index in [1.165, 1.54) is 12.1 Å². The van der Waals surface area contributed by atoms with Gasteiger partial charge in [0.05, 0.1) is 6.07 Å². The lowest BCUT2D eigenvalue weighted by atomic mass is 10.2. The molecule has 0 saturated heterocycles. The van der Waals surface area contributed by atoms with Crippen molar-refractivity contribution < 1.29 is 14.7 Å². The molecule has 0 aliphatic heterocycles. The quantitative estimate of drug-likeness (QED) is 0.777. The van der Waals surface area contributed by atoms with E-state index >= 15 is 0 Å². The molecule has 0 atom stereocenters. The summed E-state index contributed by atoms with van der Waals surface area (Å²) in [4.78, 5) is 4.07. The van der Waals surface area contributed by atoms with Crippen molar-refractivity contribution in [2.75, 3.05) is 0 Å². The van der Waals surface area contributed by atoms with Crippen molar-refractivity contribution in [1.82, 2.24) is 10.1 Å². The number of aromatic nitrogens is 2. The molecule has 2 aromatic rings. The molecule has 0 spiro atoms. The molecule has 0 aliphatic carbocycles. The fourth-order valence-corrected chi connectivity index (χ4v) is 1.30. The minimum absolute atomic E-state index is 0.207. The van der Waals surface area contributed by atoms with Gasteiger partial charge in [0, 0.05) is 18.4 Å². The summed E-state index contributed by atoms with van der Waals surface area (Å²) in [6.45, 7) is 0. The average molecular weight is 231 g/mol. The minimum atomic E-state index is -0.245. The first-order chi connectivity index (χ1) is 8.20. The Labute approximate surface area is 96.7 Å². The van der Waals surface area contributed by atoms with Crippen LogP contribution < -0.4 is 0 Å². The summed E-state index contributed by atoms with van der Waals surface area (Å²) in [7, 11) is 0. The number of aromatic hydroxyl groups is 2. The van der Waals surface area contributed by atoms with Crippen molar-refractivity contribution in [2.45, 2.75) is 12.8 Å². The summed E-state index contributed by atoms with van der Waals surface area (Å²) in [6, 6.07) is 6.23. The lowest BCUT2D eigenvalue weighted by molar-refractivity contribution is 0.380. The Morgan fingerprint density at radius 2 is 2.12 bits per heavy atom. The van der Waals surface area contributed by atoms with Crippen molar-refractivity contribution in [3.05, 3.63) is 24.1 Å². The Morgan fingerprint density at radius 1 is 1.29 bits per heavy atom. The highest BCUT2D eigenvalue weighted by Crippen LogP contribution is 2.29. The normalized spacial score (nSPS) is 10.1. The average Bonchev–Trinajstić information content (AvgIpc) is 2.79. The third kappa shape index (κ3) is 2.34. The first-order valence-electron chi connectivity index (χ1n) is 4.92. The van der Waals surface area contributed by atoms with Crippen LogP contribution in [0.25, 0.3) is 11.4 Å². The van der Waals surface area contributed by atoms with Crippen molar-refractivity contribution in [2.24, 2.45) is 0 Å². The molecule has 0 aliphatic rings. The summed E-state index contributed by atoms with van der Waals surface area (Å²) in [5, 5.41) is 30.6. The van der Waals surface area contributed by atoms with Gasteiger partial charge in [-0.2, -0.15) is 10.2 Å². The number of phenolic OH excluding ortho intramolecular Hbond substituents is 2. The maximum absolute atomic E-state index is 9.33. The number of phenols is 2. The Morgan fingerprint density at radius 3 is 2.82 bits per heavy atom. The number of hydrogen-bond donors (Lipinski definition) is 2. The predicted octanol–water partition coefficient (Wildman–Crippen LogP) is 1.60. The van der Waals surface area contributed by atoms with Crippen LogP contribution >= 0.6 is 0 Å². The van der Waals surface area contributed by atoms with Gasteiger partial charge in [-0.1, -0.05) is 5.16 Å². The van der Waals surface area contributed by atoms with Crippen LogP contribution in [0.4, 0.5) is 0 Å². The van der Waals surface area contributed by atoms with Crippen LogP contribution in [0.15, 0.2) is 22.7 Å². The first kappa shape index (κ1) is 11.0. The van der Waals surface area contributed by atoms with Gasteiger partial charge >= 0.3 is 0 Å². The molecule has 6 nitrogen and oxygen atoms in total. The number of benzene rings is 1. The number of nitriles is 1. The topological polar surface area (TPSA) is 103 Å². The Balaban J connectivity index is 2.25. The van der Waals surface area contributed by atoms with E-state index in [0.29, 0.717) is 30.1 Å². The number of nitrogens with zero attached hydrogens (tertiary/aromatic N) is 3. The molecule has 6 heteroatoms. The van der Waals surface area contributed by atoms with E-state index in [2.05, 4.69) is 10.1 Å². The molecule has 0 fully saturated rings. The van der Waals surface area contributed by atoms with E-state index in [4.69, 9.17) is 14.9 Å². The lowest BCUT2D eigenvalue weighted by Crippen LogP contribution is -1.84. The molecule has 2 N–H and O–H groups in total. The molecule has 17 heavy (non-hydrogen) atoms. The highest BCUT2D eigenvalue weighted by Gasteiger charge is 2.10. The van der Waals surface area contributed by atoms with Crippen LogP contribution in [0.1, 0.15) is 12.3 Å². The monoisotopic (exact) mass is 231 g/mol. The summed E-state index contributed by atoms with van der Waals surface area (Å²) in [6.07, 6.45) is 0.704. The van der Waals surface area contributed by atoms with Crippen LogP contribution in [0.2, 0.25) is 0 Å². The molecule has 0 unspecified atom stereocenters. The zero-order valence-corrected chi connectivity index (χ0v) is 8.79. The molecule has 1 heterocycles. The van der Waals surface area contributed by atoms with E-state index in [1.54, 1.807) is 6.07 Å². The van der Waals surface area contributed by atoms with Crippen molar-refractivity contribution in [3.63, 3.8) is 0 Å². The predicted molar refractivity (Wildman–Crippen MR) is 57.0 cm³/mol. The molecule has 0 bridgehead atoms. The number of hydrogen-bond acceptors (Lipinski definition) is 6. The fourth-order valence-electron chi connectivity index (χ4n) is 1.30. The van der Waals surface area contributed by atoms with Gasteiger partial charge in [0.25, 0.3) is 0 Å². The van der Waals surface area contributed by atoms with Crippen molar-refractivity contribution >= 4 is 0 Å². The summed E-state index contributed by atoms with van der Waals surface area (Å²) >= 11 is 0. The lowest BCUT2D eigenvalue weighted by Gasteiger charge is -1.98. The van der Waals surface area contributed by atoms with Gasteiger partial charge in [0.1, 0.15) is 0 Å². The molecule has 0 radical (unpaired) electrons. The molecule has 0 amide bonds. The molecule has 2 rings (SSSR count). The molecule has 0 saturated carbocycles. The Kier molecular flexibility index (Phi) is 2.92. The standard InChI is InChI=1S/C11H9N3O3/c12-5-1-2-10-13-11(14-17-10)7-3-4-8(15)9(16)6-7/h3-4,6,15-16H,1-2H2. The second kappa shape index (κ2) is 4.53. The summed E-state index contributed by atoms with van der Waals surface area (Å²) in [5.41, 5.74) is 0.534. The maximum atomic E-state index is 9.33. The third-order valence-corrected chi connectivity index (χ3v) is 2.15. The third-order valence-electron chi connectivity index (χ3n) is 2.15. The van der Waals surface area contributed by atoms with Gasteiger partial charge in [0.2, 0.25) is 11.7 Å². The van der Waals surface area contributed by atoms with Crippen LogP contribution in [0, 0.1) is 11.3 Å². The summed E-state index contributed by atoms with van der Waals surface area (Å²) < 4.78 is 4.93. The Hall–Kier alpha value is -2.55. The van der Waals surface area contributed by atoms with Crippen LogP contribution in [-0.4, -0.2) is 20.4 Å². The van der Waals surface area contributed by atoms with Gasteiger partial charge in [0.15, 0.2) is 11.5 Å². The van der Waals surface area contributed by atoms with Crippen LogP contribution in [-0.2, 0) is 6.42 Å². The highest BCUT2D eigenvalue weighted by atomic mass is 16.5. The molecular formula is C11H9N3O3. The van der Waals surface area contributed by atoms with E-state index < -0.39 is 0 Å². The van der Waals surface area contributed by atoms with Gasteiger partial charge in [-0.15, -0.1) is 0 Å². The summed E-state index contributed by atoms with van der Waals surface area (Å²) in [5.74, 6) is 0.232. The van der Waals surface area contributed by atoms with Gasteiger partial charge in [-0.25, -0.2) is 0 Å². The minimum Gasteiger partial charge on any atom is -0.504 e.